The highest BCUT2D eigenvalue weighted by Gasteiger charge is 2.33. The number of aromatic nitrogens is 2. The van der Waals surface area contributed by atoms with Gasteiger partial charge in [0.2, 0.25) is 5.03 Å². The van der Waals surface area contributed by atoms with Gasteiger partial charge in [-0.25, -0.2) is 0 Å². The summed E-state index contributed by atoms with van der Waals surface area (Å²) in [7, 11) is 0. The van der Waals surface area contributed by atoms with Gasteiger partial charge >= 0.3 is 12.0 Å². The molecule has 0 atom stereocenters. The fourth-order valence-corrected chi connectivity index (χ4v) is 4.38. The average Bonchev–Trinajstić information content (AvgIpc) is 2.72. The maximum absolute atomic E-state index is 13.0. The Hall–Kier alpha value is -1.61. The Morgan fingerprint density at radius 2 is 1.59 bits per heavy atom. The Bertz CT molecular complexity index is 990. The van der Waals surface area contributed by atoms with Crippen LogP contribution < -0.4 is 28.5 Å². The zero-order valence-corrected chi connectivity index (χ0v) is 18.8. The van der Waals surface area contributed by atoms with Crippen molar-refractivity contribution in [2.75, 3.05) is 6.26 Å². The van der Waals surface area contributed by atoms with Crippen LogP contribution in [0, 0.1) is 0 Å². The number of alkyl halides is 3. The van der Waals surface area contributed by atoms with Gasteiger partial charge in [0.05, 0.1) is 16.7 Å². The van der Waals surface area contributed by atoms with E-state index >= 15 is 0 Å². The van der Waals surface area contributed by atoms with E-state index in [2.05, 4.69) is 0 Å². The van der Waals surface area contributed by atoms with Crippen LogP contribution in [0.1, 0.15) is 29.7 Å². The van der Waals surface area contributed by atoms with Crippen molar-refractivity contribution in [3.8, 4) is 17.1 Å². The van der Waals surface area contributed by atoms with Crippen molar-refractivity contribution < 1.29 is 41.7 Å². The quantitative estimate of drug-likeness (QED) is 0.225. The van der Waals surface area contributed by atoms with Crippen molar-refractivity contribution in [1.82, 2.24) is 4.98 Å². The minimum absolute atomic E-state index is 0. The highest BCUT2D eigenvalue weighted by molar-refractivity contribution is 7.98. The van der Waals surface area contributed by atoms with E-state index in [9.17, 15) is 13.2 Å². The monoisotopic (exact) mass is 528 g/mol. The van der Waals surface area contributed by atoms with Gasteiger partial charge in [-0.3, -0.25) is 0 Å². The van der Waals surface area contributed by atoms with E-state index < -0.39 is 11.7 Å². The Morgan fingerprint density at radius 1 is 0.931 bits per heavy atom. The molecule has 2 aromatic carbocycles. The third kappa shape index (κ3) is 4.45. The fraction of sp³-hybridized carbons (Fsp3) is 0.273. The fourth-order valence-electron chi connectivity index (χ4n) is 3.74. The second-order valence-corrected chi connectivity index (χ2v) is 7.62. The number of hydrogen-bond acceptors (Lipinski definition) is 2. The van der Waals surface area contributed by atoms with Crippen LogP contribution in [0.15, 0.2) is 59.6 Å². The smallest absolute Gasteiger partial charge is 0.416 e. The number of hydrogen-bond donors (Lipinski definition) is 0. The number of rotatable bonds is 3. The van der Waals surface area contributed by atoms with E-state index in [1.165, 1.54) is 5.56 Å². The summed E-state index contributed by atoms with van der Waals surface area (Å²) in [6.45, 7) is 0. The van der Waals surface area contributed by atoms with Crippen LogP contribution >= 0.6 is 11.8 Å². The molecule has 1 aromatic heterocycles. The molecule has 0 spiro atoms. The molecule has 1 heterocycles. The number of fused-ring (bicyclic) bond motifs is 1. The summed E-state index contributed by atoms with van der Waals surface area (Å²) in [6.07, 6.45) is 1.71. The molecule has 1 aliphatic carbocycles. The molecular formula is C22H20F3IN2S. The molecule has 0 bridgehead atoms. The molecular weight excluding hydrogens is 508 g/mol. The molecule has 2 nitrogen and oxygen atoms in total. The predicted molar refractivity (Wildman–Crippen MR) is 105 cm³/mol. The first-order chi connectivity index (χ1) is 13.5. The number of thioether (sulfide) groups is 1. The topological polar surface area (TPSA) is 16.8 Å². The second kappa shape index (κ2) is 9.04. The molecule has 4 rings (SSSR count). The minimum Gasteiger partial charge on any atom is -1.00 e. The van der Waals surface area contributed by atoms with Crippen molar-refractivity contribution >= 4 is 11.8 Å². The number of benzene rings is 2. The summed E-state index contributed by atoms with van der Waals surface area (Å²) in [5, 5.41) is 1.01. The lowest BCUT2D eigenvalue weighted by Crippen LogP contribution is -3.00. The summed E-state index contributed by atoms with van der Waals surface area (Å²) in [6, 6.07) is 15.2. The van der Waals surface area contributed by atoms with E-state index in [1.807, 2.05) is 41.2 Å². The Balaban J connectivity index is 0.00000240. The Labute approximate surface area is 189 Å². The van der Waals surface area contributed by atoms with Crippen molar-refractivity contribution in [3.63, 3.8) is 0 Å². The van der Waals surface area contributed by atoms with Gasteiger partial charge in [-0.1, -0.05) is 30.0 Å². The van der Waals surface area contributed by atoms with E-state index in [0.717, 1.165) is 59.9 Å². The molecule has 0 aliphatic heterocycles. The molecule has 7 heteroatoms. The summed E-state index contributed by atoms with van der Waals surface area (Å²) >= 11 is 1.63. The average molecular weight is 528 g/mol. The maximum atomic E-state index is 13.0. The molecule has 3 aromatic rings. The van der Waals surface area contributed by atoms with Crippen molar-refractivity contribution in [2.45, 2.75) is 36.9 Å². The third-order valence-electron chi connectivity index (χ3n) is 5.06. The van der Waals surface area contributed by atoms with Gasteiger partial charge in [-0.2, -0.15) is 17.7 Å². The molecule has 0 unspecified atom stereocenters. The predicted octanol–water partition coefficient (Wildman–Crippen LogP) is 2.65. The van der Waals surface area contributed by atoms with Crippen LogP contribution in [-0.4, -0.2) is 11.2 Å². The highest BCUT2D eigenvalue weighted by atomic mass is 127. The Kier molecular flexibility index (Phi) is 6.88. The Morgan fingerprint density at radius 3 is 2.21 bits per heavy atom. The van der Waals surface area contributed by atoms with Crippen LogP contribution in [-0.2, 0) is 19.0 Å². The third-order valence-corrected chi connectivity index (χ3v) is 5.79. The van der Waals surface area contributed by atoms with Gasteiger partial charge in [0.1, 0.15) is 11.4 Å². The standard InChI is InChI=1S/C22H20F3N2S.HI/c1-28-21-18-9-5-6-10-19(18)27(20(26-21)15-7-3-2-4-8-15)17-13-11-16(12-14-17)22(23,24)25;/h2-4,7-8,11-14H,5-6,9-10H2,1H3;1H/q+1;/p-1. The highest BCUT2D eigenvalue weighted by Crippen LogP contribution is 2.32. The zero-order valence-electron chi connectivity index (χ0n) is 15.8. The van der Waals surface area contributed by atoms with Gasteiger partial charge in [-0.05, 0) is 66.9 Å². The number of halogens is 4. The largest absolute Gasteiger partial charge is 1.00 e. The molecule has 152 valence electrons. The number of nitrogens with zero attached hydrogens (tertiary/aromatic N) is 2. The van der Waals surface area contributed by atoms with Gasteiger partial charge in [0, 0.05) is 6.42 Å². The van der Waals surface area contributed by atoms with Crippen molar-refractivity contribution in [1.29, 1.82) is 0 Å². The van der Waals surface area contributed by atoms with Gasteiger partial charge < -0.3 is 24.0 Å². The van der Waals surface area contributed by atoms with Crippen LogP contribution in [0.5, 0.6) is 0 Å². The lowest BCUT2D eigenvalue weighted by Gasteiger charge is -2.19. The molecule has 0 saturated carbocycles. The van der Waals surface area contributed by atoms with Crippen molar-refractivity contribution in [3.05, 3.63) is 71.4 Å². The maximum Gasteiger partial charge on any atom is 0.416 e. The molecule has 0 N–H and O–H groups in total. The first kappa shape index (κ1) is 22.1. The molecule has 0 radical (unpaired) electrons. The van der Waals surface area contributed by atoms with E-state index in [0.29, 0.717) is 5.69 Å². The lowest BCUT2D eigenvalue weighted by atomic mass is 9.96. The first-order valence-corrected chi connectivity index (χ1v) is 10.5. The van der Waals surface area contributed by atoms with Crippen LogP contribution in [0.3, 0.4) is 0 Å². The van der Waals surface area contributed by atoms with Crippen LogP contribution in [0.2, 0.25) is 0 Å². The summed E-state index contributed by atoms with van der Waals surface area (Å²) < 4.78 is 41.1. The molecule has 29 heavy (non-hydrogen) atoms. The summed E-state index contributed by atoms with van der Waals surface area (Å²) in [5.41, 5.74) is 3.40. The normalized spacial score (nSPS) is 13.5. The molecule has 0 saturated heterocycles. The second-order valence-electron chi connectivity index (χ2n) is 6.82. The minimum atomic E-state index is -4.34. The van der Waals surface area contributed by atoms with Crippen LogP contribution in [0.4, 0.5) is 13.2 Å². The SMILES string of the molecule is CSc1nc(-c2ccccc2)[n+](-c2ccc(C(F)(F)F)cc2)c2c1CCCC2.[I-]. The van der Waals surface area contributed by atoms with Crippen LogP contribution in [0.25, 0.3) is 17.1 Å². The first-order valence-electron chi connectivity index (χ1n) is 9.24. The van der Waals surface area contributed by atoms with E-state index in [-0.39, 0.29) is 24.0 Å². The van der Waals surface area contributed by atoms with E-state index in [1.54, 1.807) is 23.9 Å². The van der Waals surface area contributed by atoms with Gasteiger partial charge in [0.25, 0.3) is 0 Å². The van der Waals surface area contributed by atoms with Gasteiger partial charge in [-0.15, -0.1) is 0 Å². The summed E-state index contributed by atoms with van der Waals surface area (Å²) in [5.74, 6) is 0.769. The molecule has 0 amide bonds. The molecule has 1 aliphatic rings. The van der Waals surface area contributed by atoms with Gasteiger partial charge in [0.15, 0.2) is 0 Å². The van der Waals surface area contributed by atoms with E-state index in [4.69, 9.17) is 4.98 Å². The zero-order chi connectivity index (χ0) is 19.7. The van der Waals surface area contributed by atoms with Crippen molar-refractivity contribution in [2.24, 2.45) is 0 Å². The lowest BCUT2D eigenvalue weighted by molar-refractivity contribution is -0.597. The molecule has 0 fully saturated rings. The summed E-state index contributed by atoms with van der Waals surface area (Å²) in [4.78, 5) is 4.93.